The van der Waals surface area contributed by atoms with E-state index in [9.17, 15) is 9.59 Å². The Hall–Kier alpha value is -4.06. The van der Waals surface area contributed by atoms with Gasteiger partial charge in [0.2, 0.25) is 0 Å². The number of carbonyl (C=O) groups is 2. The van der Waals surface area contributed by atoms with Gasteiger partial charge in [-0.05, 0) is 48.9 Å². The molecule has 0 saturated carbocycles. The predicted octanol–water partition coefficient (Wildman–Crippen LogP) is 4.49. The van der Waals surface area contributed by atoms with Gasteiger partial charge in [-0.1, -0.05) is 36.4 Å². The summed E-state index contributed by atoms with van der Waals surface area (Å²) in [6.07, 6.45) is 0. The zero-order valence-electron chi connectivity index (χ0n) is 17.3. The molecular formula is C25H22N2O4. The molecule has 6 heteroatoms. The minimum atomic E-state index is -0.423. The fourth-order valence-corrected chi connectivity index (χ4v) is 3.45. The molecule has 6 nitrogen and oxygen atoms in total. The topological polar surface area (TPSA) is 67.9 Å². The molecule has 156 valence electrons. The van der Waals surface area contributed by atoms with Gasteiger partial charge in [0.25, 0.3) is 11.8 Å². The zero-order valence-corrected chi connectivity index (χ0v) is 17.3. The Kier molecular flexibility index (Phi) is 5.71. The third kappa shape index (κ3) is 4.00. The van der Waals surface area contributed by atoms with Crippen LogP contribution < -0.4 is 19.7 Å². The third-order valence-electron chi connectivity index (χ3n) is 4.89. The van der Waals surface area contributed by atoms with Crippen LogP contribution in [0, 0.1) is 0 Å². The number of methoxy groups -OCH3 is 1. The van der Waals surface area contributed by atoms with Gasteiger partial charge in [0.15, 0.2) is 0 Å². The first-order valence-electron chi connectivity index (χ1n) is 9.94. The molecule has 3 aromatic rings. The second kappa shape index (κ2) is 8.75. The smallest absolute Gasteiger partial charge is 0.282 e. The lowest BCUT2D eigenvalue weighted by molar-refractivity contribution is -0.120. The van der Waals surface area contributed by atoms with Crippen LogP contribution >= 0.6 is 0 Å². The summed E-state index contributed by atoms with van der Waals surface area (Å²) in [7, 11) is 1.59. The summed E-state index contributed by atoms with van der Waals surface area (Å²) >= 11 is 0. The van der Waals surface area contributed by atoms with E-state index in [2.05, 4.69) is 5.32 Å². The summed E-state index contributed by atoms with van der Waals surface area (Å²) < 4.78 is 10.7. The maximum absolute atomic E-state index is 13.4. The van der Waals surface area contributed by atoms with E-state index in [1.165, 1.54) is 4.90 Å². The molecule has 0 radical (unpaired) electrons. The summed E-state index contributed by atoms with van der Waals surface area (Å²) in [6.45, 7) is 2.37. The Labute approximate surface area is 180 Å². The van der Waals surface area contributed by atoms with Crippen LogP contribution in [0.4, 0.5) is 11.4 Å². The standard InChI is InChI=1S/C25H22N2O4/c1-3-31-21-11-7-10-19(16-21)27-24(28)22(17-8-5-4-6-9-17)23(25(27)29)26-18-12-14-20(30-2)15-13-18/h4-16,26H,3H2,1-2H3. The summed E-state index contributed by atoms with van der Waals surface area (Å²) in [5.41, 5.74) is 2.35. The van der Waals surface area contributed by atoms with Crippen LogP contribution in [0.15, 0.2) is 84.6 Å². The van der Waals surface area contributed by atoms with Crippen molar-refractivity contribution < 1.29 is 19.1 Å². The molecule has 4 rings (SSSR count). The van der Waals surface area contributed by atoms with E-state index in [0.29, 0.717) is 40.6 Å². The highest BCUT2D eigenvalue weighted by Gasteiger charge is 2.40. The molecule has 31 heavy (non-hydrogen) atoms. The van der Waals surface area contributed by atoms with Crippen LogP contribution in [0.25, 0.3) is 5.57 Å². The summed E-state index contributed by atoms with van der Waals surface area (Å²) in [4.78, 5) is 28.0. The van der Waals surface area contributed by atoms with Gasteiger partial charge in [-0.2, -0.15) is 0 Å². The number of ether oxygens (including phenoxy) is 2. The van der Waals surface area contributed by atoms with Crippen LogP contribution in [-0.4, -0.2) is 25.5 Å². The number of rotatable bonds is 7. The number of carbonyl (C=O) groups excluding carboxylic acids is 2. The van der Waals surface area contributed by atoms with Crippen molar-refractivity contribution >= 4 is 28.8 Å². The van der Waals surface area contributed by atoms with Gasteiger partial charge in [-0.3, -0.25) is 9.59 Å². The number of amides is 2. The second-order valence-electron chi connectivity index (χ2n) is 6.85. The molecule has 0 spiro atoms. The third-order valence-corrected chi connectivity index (χ3v) is 4.89. The highest BCUT2D eigenvalue weighted by atomic mass is 16.5. The zero-order chi connectivity index (χ0) is 21.8. The molecule has 1 aliphatic rings. The Balaban J connectivity index is 1.76. The average molecular weight is 414 g/mol. The molecule has 1 heterocycles. The number of benzene rings is 3. The van der Waals surface area contributed by atoms with Gasteiger partial charge in [0.05, 0.1) is 25.0 Å². The molecule has 0 bridgehead atoms. The minimum absolute atomic E-state index is 0.225. The van der Waals surface area contributed by atoms with Crippen molar-refractivity contribution in [3.05, 3.63) is 90.1 Å². The first-order valence-corrected chi connectivity index (χ1v) is 9.94. The van der Waals surface area contributed by atoms with Crippen molar-refractivity contribution in [2.75, 3.05) is 23.9 Å². The van der Waals surface area contributed by atoms with Crippen molar-refractivity contribution in [1.82, 2.24) is 0 Å². The molecule has 1 N–H and O–H groups in total. The molecule has 0 aromatic heterocycles. The lowest BCUT2D eigenvalue weighted by Gasteiger charge is -2.16. The first kappa shape index (κ1) is 20.2. The van der Waals surface area contributed by atoms with E-state index < -0.39 is 5.91 Å². The number of nitrogens with one attached hydrogen (secondary N) is 1. The number of imide groups is 1. The quantitative estimate of drug-likeness (QED) is 0.577. The van der Waals surface area contributed by atoms with Crippen molar-refractivity contribution in [3.63, 3.8) is 0 Å². The Morgan fingerprint density at radius 3 is 2.26 bits per heavy atom. The van der Waals surface area contributed by atoms with Gasteiger partial charge in [0, 0.05) is 11.8 Å². The molecule has 0 atom stereocenters. The van der Waals surface area contributed by atoms with Crippen LogP contribution in [-0.2, 0) is 9.59 Å². The molecule has 0 fully saturated rings. The number of hydrogen-bond acceptors (Lipinski definition) is 5. The monoisotopic (exact) mass is 414 g/mol. The maximum Gasteiger partial charge on any atom is 0.282 e. The van der Waals surface area contributed by atoms with E-state index in [1.54, 1.807) is 55.6 Å². The molecule has 0 saturated heterocycles. The van der Waals surface area contributed by atoms with Gasteiger partial charge in [-0.25, -0.2) is 4.90 Å². The molecule has 2 amide bonds. The highest BCUT2D eigenvalue weighted by molar-refractivity contribution is 6.46. The number of anilines is 2. The summed E-state index contributed by atoms with van der Waals surface area (Å²) in [5.74, 6) is 0.485. The van der Waals surface area contributed by atoms with Gasteiger partial charge >= 0.3 is 0 Å². The van der Waals surface area contributed by atoms with Crippen LogP contribution in [0.3, 0.4) is 0 Å². The lowest BCUT2D eigenvalue weighted by atomic mass is 10.0. The van der Waals surface area contributed by atoms with E-state index in [0.717, 1.165) is 0 Å². The van der Waals surface area contributed by atoms with E-state index in [1.807, 2.05) is 37.3 Å². The first-order chi connectivity index (χ1) is 15.1. The predicted molar refractivity (Wildman–Crippen MR) is 120 cm³/mol. The Morgan fingerprint density at radius 1 is 0.839 bits per heavy atom. The molecule has 1 aliphatic heterocycles. The van der Waals surface area contributed by atoms with Crippen molar-refractivity contribution in [1.29, 1.82) is 0 Å². The van der Waals surface area contributed by atoms with Crippen molar-refractivity contribution in [3.8, 4) is 11.5 Å². The average Bonchev–Trinajstić information content (AvgIpc) is 3.04. The maximum atomic E-state index is 13.4. The minimum Gasteiger partial charge on any atom is -0.497 e. The molecular weight excluding hydrogens is 392 g/mol. The van der Waals surface area contributed by atoms with E-state index in [4.69, 9.17) is 9.47 Å². The van der Waals surface area contributed by atoms with Gasteiger partial charge < -0.3 is 14.8 Å². The van der Waals surface area contributed by atoms with Crippen molar-refractivity contribution in [2.45, 2.75) is 6.92 Å². The van der Waals surface area contributed by atoms with Gasteiger partial charge in [0.1, 0.15) is 17.2 Å². The SMILES string of the molecule is CCOc1cccc(N2C(=O)C(Nc3ccc(OC)cc3)=C(c3ccccc3)C2=O)c1. The normalized spacial score (nSPS) is 13.5. The molecule has 3 aromatic carbocycles. The molecule has 0 aliphatic carbocycles. The lowest BCUT2D eigenvalue weighted by Crippen LogP contribution is -2.32. The van der Waals surface area contributed by atoms with E-state index in [-0.39, 0.29) is 11.6 Å². The fraction of sp³-hybridized carbons (Fsp3) is 0.120. The Morgan fingerprint density at radius 2 is 1.58 bits per heavy atom. The van der Waals surface area contributed by atoms with Crippen molar-refractivity contribution in [2.24, 2.45) is 0 Å². The van der Waals surface area contributed by atoms with Crippen LogP contribution in [0.2, 0.25) is 0 Å². The number of nitrogens with zero attached hydrogens (tertiary/aromatic N) is 1. The summed E-state index contributed by atoms with van der Waals surface area (Å²) in [6, 6.07) is 23.3. The second-order valence-corrected chi connectivity index (χ2v) is 6.85. The largest absolute Gasteiger partial charge is 0.497 e. The van der Waals surface area contributed by atoms with Crippen LogP contribution in [0.5, 0.6) is 11.5 Å². The molecule has 0 unspecified atom stereocenters. The van der Waals surface area contributed by atoms with Crippen LogP contribution in [0.1, 0.15) is 12.5 Å². The fourth-order valence-electron chi connectivity index (χ4n) is 3.45. The summed E-state index contributed by atoms with van der Waals surface area (Å²) in [5, 5.41) is 3.14. The Bertz CT molecular complexity index is 1140. The number of hydrogen-bond donors (Lipinski definition) is 1. The van der Waals surface area contributed by atoms with Gasteiger partial charge in [-0.15, -0.1) is 0 Å². The highest BCUT2D eigenvalue weighted by Crippen LogP contribution is 2.35. The van der Waals surface area contributed by atoms with E-state index >= 15 is 0 Å².